The van der Waals surface area contributed by atoms with Crippen LogP contribution in [0.15, 0.2) is 48.5 Å². The van der Waals surface area contributed by atoms with E-state index in [1.165, 1.54) is 7.11 Å². The number of urea groups is 1. The molecule has 7 nitrogen and oxygen atoms in total. The molecule has 0 aromatic heterocycles. The van der Waals surface area contributed by atoms with Gasteiger partial charge in [0.2, 0.25) is 0 Å². The lowest BCUT2D eigenvalue weighted by Gasteiger charge is -2.30. The summed E-state index contributed by atoms with van der Waals surface area (Å²) in [6.45, 7) is 0.834. The van der Waals surface area contributed by atoms with Crippen molar-refractivity contribution in [2.45, 2.75) is 12.8 Å². The second-order valence-electron chi connectivity index (χ2n) is 6.31. The van der Waals surface area contributed by atoms with E-state index in [0.717, 1.165) is 0 Å². The zero-order chi connectivity index (χ0) is 19.2. The fraction of sp³-hybridized carbons (Fsp3) is 0.300. The molecule has 0 atom stereocenters. The predicted molar refractivity (Wildman–Crippen MR) is 100 cm³/mol. The summed E-state index contributed by atoms with van der Waals surface area (Å²) in [6, 6.07) is 14.3. The molecule has 2 N–H and O–H groups in total. The second-order valence-corrected chi connectivity index (χ2v) is 6.31. The van der Waals surface area contributed by atoms with Crippen LogP contribution in [-0.2, 0) is 4.79 Å². The Morgan fingerprint density at radius 1 is 1.07 bits per heavy atom. The lowest BCUT2D eigenvalue weighted by Crippen LogP contribution is -2.42. The average molecular weight is 370 g/mol. The Balaban J connectivity index is 1.64. The Hall–Kier alpha value is -3.22. The third-order valence-electron chi connectivity index (χ3n) is 4.52. The fourth-order valence-electron chi connectivity index (χ4n) is 2.99. The number of aliphatic carboxylic acids is 1. The van der Waals surface area contributed by atoms with E-state index < -0.39 is 5.97 Å². The first-order chi connectivity index (χ1) is 13.1. The number of carbonyl (C=O) groups is 2. The zero-order valence-electron chi connectivity index (χ0n) is 15.1. The quantitative estimate of drug-likeness (QED) is 0.835. The van der Waals surface area contributed by atoms with Gasteiger partial charge < -0.3 is 24.8 Å². The number of benzene rings is 2. The number of carboxylic acid groups (broad SMARTS) is 1. The normalized spacial score (nSPS) is 14.5. The van der Waals surface area contributed by atoms with Crippen LogP contribution in [0.2, 0.25) is 0 Å². The second kappa shape index (κ2) is 8.44. The number of methoxy groups -OCH3 is 1. The number of nitrogens with zero attached hydrogens (tertiary/aromatic N) is 1. The number of hydrogen-bond acceptors (Lipinski definition) is 4. The number of rotatable bonds is 5. The molecule has 0 saturated carbocycles. The molecule has 0 aliphatic carbocycles. The molecule has 1 fully saturated rings. The van der Waals surface area contributed by atoms with Crippen LogP contribution in [0.3, 0.4) is 0 Å². The first kappa shape index (κ1) is 18.6. The van der Waals surface area contributed by atoms with Crippen molar-refractivity contribution in [3.8, 4) is 17.2 Å². The zero-order valence-corrected chi connectivity index (χ0v) is 15.1. The van der Waals surface area contributed by atoms with Crippen molar-refractivity contribution in [3.63, 3.8) is 0 Å². The molecular weight excluding hydrogens is 348 g/mol. The summed E-state index contributed by atoms with van der Waals surface area (Å²) in [5.41, 5.74) is 0.531. The van der Waals surface area contributed by atoms with Crippen LogP contribution in [0.25, 0.3) is 0 Å². The fourth-order valence-corrected chi connectivity index (χ4v) is 2.99. The lowest BCUT2D eigenvalue weighted by molar-refractivity contribution is -0.143. The smallest absolute Gasteiger partial charge is 0.321 e. The van der Waals surface area contributed by atoms with Crippen LogP contribution in [0.5, 0.6) is 17.2 Å². The number of amides is 2. The maximum absolute atomic E-state index is 12.5. The number of anilines is 1. The molecule has 1 heterocycles. The summed E-state index contributed by atoms with van der Waals surface area (Å²) >= 11 is 0. The van der Waals surface area contributed by atoms with E-state index in [0.29, 0.717) is 48.9 Å². The van der Waals surface area contributed by atoms with Crippen molar-refractivity contribution in [1.82, 2.24) is 4.90 Å². The van der Waals surface area contributed by atoms with Crippen molar-refractivity contribution in [2.75, 3.05) is 25.5 Å². The summed E-state index contributed by atoms with van der Waals surface area (Å²) in [4.78, 5) is 25.1. The minimum absolute atomic E-state index is 0.270. The van der Waals surface area contributed by atoms with Gasteiger partial charge in [0.1, 0.15) is 17.2 Å². The van der Waals surface area contributed by atoms with Crippen LogP contribution in [0.4, 0.5) is 10.5 Å². The van der Waals surface area contributed by atoms with Gasteiger partial charge in [0, 0.05) is 19.2 Å². The SMILES string of the molecule is COc1cc(Oc2ccccc2)ccc1NC(=O)N1CCC(C(=O)O)CC1. The molecule has 1 aliphatic heterocycles. The largest absolute Gasteiger partial charge is 0.494 e. The molecule has 2 aromatic rings. The van der Waals surface area contributed by atoms with Crippen LogP contribution in [0, 0.1) is 5.92 Å². The van der Waals surface area contributed by atoms with Crippen molar-refractivity contribution < 1.29 is 24.2 Å². The van der Waals surface area contributed by atoms with Gasteiger partial charge in [-0.3, -0.25) is 4.79 Å². The molecule has 3 rings (SSSR count). The van der Waals surface area contributed by atoms with Gasteiger partial charge in [0.15, 0.2) is 0 Å². The summed E-state index contributed by atoms with van der Waals surface area (Å²) in [7, 11) is 1.52. The molecule has 0 spiro atoms. The highest BCUT2D eigenvalue weighted by molar-refractivity contribution is 5.91. The summed E-state index contributed by atoms with van der Waals surface area (Å²) in [6.07, 6.45) is 0.924. The Bertz CT molecular complexity index is 801. The highest BCUT2D eigenvalue weighted by Crippen LogP contribution is 2.32. The van der Waals surface area contributed by atoms with Gasteiger partial charge in [-0.05, 0) is 37.1 Å². The number of likely N-dealkylation sites (tertiary alicyclic amines) is 1. The molecule has 2 amide bonds. The lowest BCUT2D eigenvalue weighted by atomic mass is 9.97. The molecule has 0 radical (unpaired) electrons. The van der Waals surface area contributed by atoms with Gasteiger partial charge >= 0.3 is 12.0 Å². The standard InChI is InChI=1S/C20H22N2O5/c1-26-18-13-16(27-15-5-3-2-4-6-15)7-8-17(18)21-20(25)22-11-9-14(10-12-22)19(23)24/h2-8,13-14H,9-12H2,1H3,(H,21,25)(H,23,24). The molecule has 1 saturated heterocycles. The Labute approximate surface area is 157 Å². The Morgan fingerprint density at radius 3 is 2.41 bits per heavy atom. The van der Waals surface area contributed by atoms with E-state index in [1.807, 2.05) is 30.3 Å². The summed E-state index contributed by atoms with van der Waals surface area (Å²) < 4.78 is 11.1. The predicted octanol–water partition coefficient (Wildman–Crippen LogP) is 3.82. The minimum atomic E-state index is -0.800. The molecule has 1 aliphatic rings. The summed E-state index contributed by atoms with van der Waals surface area (Å²) in [5.74, 6) is 0.608. The molecule has 142 valence electrons. The highest BCUT2D eigenvalue weighted by Gasteiger charge is 2.27. The first-order valence-corrected chi connectivity index (χ1v) is 8.76. The molecule has 7 heteroatoms. The number of piperidine rings is 1. The van der Waals surface area contributed by atoms with Crippen molar-refractivity contribution in [2.24, 2.45) is 5.92 Å². The van der Waals surface area contributed by atoms with Crippen LogP contribution >= 0.6 is 0 Å². The number of ether oxygens (including phenoxy) is 2. The maximum atomic E-state index is 12.5. The number of para-hydroxylation sites is 1. The monoisotopic (exact) mass is 370 g/mol. The third kappa shape index (κ3) is 4.69. The van der Waals surface area contributed by atoms with Crippen LogP contribution in [0.1, 0.15) is 12.8 Å². The van der Waals surface area contributed by atoms with Gasteiger partial charge in [-0.2, -0.15) is 0 Å². The maximum Gasteiger partial charge on any atom is 0.321 e. The molecule has 0 bridgehead atoms. The number of carbonyl (C=O) groups excluding carboxylic acids is 1. The number of nitrogens with one attached hydrogen (secondary N) is 1. The highest BCUT2D eigenvalue weighted by atomic mass is 16.5. The number of carboxylic acids is 1. The molecule has 2 aromatic carbocycles. The Kier molecular flexibility index (Phi) is 5.80. The van der Waals surface area contributed by atoms with E-state index in [2.05, 4.69) is 5.32 Å². The van der Waals surface area contributed by atoms with E-state index in [4.69, 9.17) is 14.6 Å². The van der Waals surface area contributed by atoms with Crippen molar-refractivity contribution >= 4 is 17.7 Å². The Morgan fingerprint density at radius 2 is 1.78 bits per heavy atom. The van der Waals surface area contributed by atoms with Gasteiger partial charge in [-0.1, -0.05) is 18.2 Å². The van der Waals surface area contributed by atoms with E-state index >= 15 is 0 Å². The molecule has 0 unspecified atom stereocenters. The minimum Gasteiger partial charge on any atom is -0.494 e. The van der Waals surface area contributed by atoms with E-state index in [1.54, 1.807) is 23.1 Å². The van der Waals surface area contributed by atoms with E-state index in [9.17, 15) is 9.59 Å². The molecular formula is C20H22N2O5. The average Bonchev–Trinajstić information content (AvgIpc) is 2.70. The van der Waals surface area contributed by atoms with Crippen molar-refractivity contribution in [1.29, 1.82) is 0 Å². The third-order valence-corrected chi connectivity index (χ3v) is 4.52. The van der Waals surface area contributed by atoms with Gasteiger partial charge in [-0.15, -0.1) is 0 Å². The van der Waals surface area contributed by atoms with Crippen molar-refractivity contribution in [3.05, 3.63) is 48.5 Å². The van der Waals surface area contributed by atoms with E-state index in [-0.39, 0.29) is 11.9 Å². The van der Waals surface area contributed by atoms with Crippen LogP contribution < -0.4 is 14.8 Å². The van der Waals surface area contributed by atoms with Gasteiger partial charge in [-0.25, -0.2) is 4.79 Å². The molecule has 27 heavy (non-hydrogen) atoms. The number of hydrogen-bond donors (Lipinski definition) is 2. The van der Waals surface area contributed by atoms with Crippen LogP contribution in [-0.4, -0.2) is 42.2 Å². The summed E-state index contributed by atoms with van der Waals surface area (Å²) in [5, 5.41) is 11.9. The van der Waals surface area contributed by atoms with Gasteiger partial charge in [0.05, 0.1) is 18.7 Å². The topological polar surface area (TPSA) is 88.1 Å². The first-order valence-electron chi connectivity index (χ1n) is 8.76. The van der Waals surface area contributed by atoms with Gasteiger partial charge in [0.25, 0.3) is 0 Å².